The van der Waals surface area contributed by atoms with Gasteiger partial charge in [-0.2, -0.15) is 5.26 Å². The number of hydrogen-bond donors (Lipinski definition) is 1. The van der Waals surface area contributed by atoms with Gasteiger partial charge in [-0.05, 0) is 25.0 Å². The zero-order valence-corrected chi connectivity index (χ0v) is 8.41. The van der Waals surface area contributed by atoms with E-state index >= 15 is 0 Å². The SMILES string of the molecule is N#Cc1cc(F)c(OC2CC(N)C2)c(F)c1. The van der Waals surface area contributed by atoms with Crippen LogP contribution in [0.5, 0.6) is 5.75 Å². The summed E-state index contributed by atoms with van der Waals surface area (Å²) in [7, 11) is 0. The lowest BCUT2D eigenvalue weighted by atomic mass is 9.90. The van der Waals surface area contributed by atoms with Gasteiger partial charge < -0.3 is 10.5 Å². The molecule has 5 heteroatoms. The summed E-state index contributed by atoms with van der Waals surface area (Å²) in [6.45, 7) is 0. The first-order valence-corrected chi connectivity index (χ1v) is 4.91. The molecular weight excluding hydrogens is 214 g/mol. The molecule has 1 aliphatic carbocycles. The summed E-state index contributed by atoms with van der Waals surface area (Å²) < 4.78 is 31.9. The lowest BCUT2D eigenvalue weighted by molar-refractivity contribution is 0.0913. The third-order valence-corrected chi connectivity index (χ3v) is 2.54. The smallest absolute Gasteiger partial charge is 0.191 e. The van der Waals surface area contributed by atoms with E-state index in [1.165, 1.54) is 0 Å². The Kier molecular flexibility index (Phi) is 2.75. The van der Waals surface area contributed by atoms with Crippen LogP contribution in [0.3, 0.4) is 0 Å². The largest absolute Gasteiger partial charge is 0.484 e. The Balaban J connectivity index is 2.18. The van der Waals surface area contributed by atoms with Crippen molar-refractivity contribution in [1.29, 1.82) is 5.26 Å². The van der Waals surface area contributed by atoms with Crippen LogP contribution in [0.1, 0.15) is 18.4 Å². The minimum Gasteiger partial charge on any atom is -0.484 e. The molecule has 0 aromatic heterocycles. The van der Waals surface area contributed by atoms with Gasteiger partial charge in [-0.25, -0.2) is 8.78 Å². The summed E-state index contributed by atoms with van der Waals surface area (Å²) in [4.78, 5) is 0. The standard InChI is InChI=1S/C11H10F2N2O/c12-9-1-6(5-14)2-10(13)11(9)16-8-3-7(15)4-8/h1-2,7-8H,3-4,15H2. The molecule has 0 aliphatic heterocycles. The van der Waals surface area contributed by atoms with Gasteiger partial charge in [-0.1, -0.05) is 0 Å². The molecule has 1 aromatic carbocycles. The quantitative estimate of drug-likeness (QED) is 0.831. The van der Waals surface area contributed by atoms with Crippen molar-refractivity contribution in [3.63, 3.8) is 0 Å². The van der Waals surface area contributed by atoms with Gasteiger partial charge >= 0.3 is 0 Å². The van der Waals surface area contributed by atoms with E-state index in [4.69, 9.17) is 15.7 Å². The predicted molar refractivity (Wildman–Crippen MR) is 52.7 cm³/mol. The number of halogens is 2. The summed E-state index contributed by atoms with van der Waals surface area (Å²) in [6.07, 6.45) is 0.963. The molecule has 0 bridgehead atoms. The molecule has 2 rings (SSSR count). The highest BCUT2D eigenvalue weighted by molar-refractivity contribution is 5.37. The van der Waals surface area contributed by atoms with Crippen LogP contribution in [0.25, 0.3) is 0 Å². The molecule has 1 aliphatic rings. The molecule has 0 radical (unpaired) electrons. The average Bonchev–Trinajstić information content (AvgIpc) is 2.19. The average molecular weight is 224 g/mol. The predicted octanol–water partition coefficient (Wildman–Crippen LogP) is 1.70. The van der Waals surface area contributed by atoms with E-state index in [9.17, 15) is 8.78 Å². The van der Waals surface area contributed by atoms with E-state index in [0.717, 1.165) is 12.1 Å². The van der Waals surface area contributed by atoms with Gasteiger partial charge in [0, 0.05) is 6.04 Å². The molecule has 1 saturated carbocycles. The zero-order chi connectivity index (χ0) is 11.7. The fraction of sp³-hybridized carbons (Fsp3) is 0.364. The summed E-state index contributed by atoms with van der Waals surface area (Å²) in [6, 6.07) is 3.63. The number of rotatable bonds is 2. The third kappa shape index (κ3) is 1.97. The first kappa shape index (κ1) is 10.8. The number of ether oxygens (including phenoxy) is 1. The molecule has 16 heavy (non-hydrogen) atoms. The molecule has 0 heterocycles. The number of nitriles is 1. The Morgan fingerprint density at radius 1 is 1.31 bits per heavy atom. The minimum absolute atomic E-state index is 0.0505. The molecule has 0 saturated heterocycles. The zero-order valence-electron chi connectivity index (χ0n) is 8.41. The second kappa shape index (κ2) is 4.06. The third-order valence-electron chi connectivity index (χ3n) is 2.54. The van der Waals surface area contributed by atoms with Crippen molar-refractivity contribution in [3.05, 3.63) is 29.3 Å². The summed E-state index contributed by atoms with van der Waals surface area (Å²) in [5.41, 5.74) is 5.47. The Morgan fingerprint density at radius 2 is 1.88 bits per heavy atom. The maximum atomic E-state index is 13.4. The van der Waals surface area contributed by atoms with Gasteiger partial charge in [0.05, 0.1) is 11.6 Å². The van der Waals surface area contributed by atoms with Crippen LogP contribution < -0.4 is 10.5 Å². The first-order valence-electron chi connectivity index (χ1n) is 4.91. The number of hydrogen-bond acceptors (Lipinski definition) is 3. The Hall–Kier alpha value is -1.67. The van der Waals surface area contributed by atoms with Crippen molar-refractivity contribution in [3.8, 4) is 11.8 Å². The van der Waals surface area contributed by atoms with E-state index in [0.29, 0.717) is 12.8 Å². The Morgan fingerprint density at radius 3 is 2.31 bits per heavy atom. The molecule has 0 spiro atoms. The second-order valence-corrected chi connectivity index (χ2v) is 3.85. The molecule has 1 aromatic rings. The van der Waals surface area contributed by atoms with Gasteiger partial charge in [0.25, 0.3) is 0 Å². The van der Waals surface area contributed by atoms with Gasteiger partial charge in [-0.15, -0.1) is 0 Å². The highest BCUT2D eigenvalue weighted by Gasteiger charge is 2.29. The molecule has 0 amide bonds. The monoisotopic (exact) mass is 224 g/mol. The number of nitrogens with zero attached hydrogens (tertiary/aromatic N) is 1. The van der Waals surface area contributed by atoms with E-state index in [2.05, 4.69) is 0 Å². The van der Waals surface area contributed by atoms with Gasteiger partial charge in [-0.3, -0.25) is 0 Å². The lowest BCUT2D eigenvalue weighted by Gasteiger charge is -2.32. The van der Waals surface area contributed by atoms with E-state index in [1.807, 2.05) is 0 Å². The van der Waals surface area contributed by atoms with Crippen molar-refractivity contribution in [1.82, 2.24) is 0 Å². The van der Waals surface area contributed by atoms with Crippen LogP contribution in [-0.2, 0) is 0 Å². The molecule has 0 unspecified atom stereocenters. The highest BCUT2D eigenvalue weighted by Crippen LogP contribution is 2.29. The van der Waals surface area contributed by atoms with Crippen LogP contribution in [0.2, 0.25) is 0 Å². The summed E-state index contributed by atoms with van der Waals surface area (Å²) >= 11 is 0. The maximum absolute atomic E-state index is 13.4. The van der Waals surface area contributed by atoms with Crippen molar-refractivity contribution in [2.24, 2.45) is 5.73 Å². The van der Waals surface area contributed by atoms with E-state index in [1.54, 1.807) is 6.07 Å². The topological polar surface area (TPSA) is 59.0 Å². The molecule has 3 nitrogen and oxygen atoms in total. The van der Waals surface area contributed by atoms with E-state index < -0.39 is 17.4 Å². The van der Waals surface area contributed by atoms with Crippen molar-refractivity contribution in [2.45, 2.75) is 25.0 Å². The van der Waals surface area contributed by atoms with Crippen LogP contribution in [0.15, 0.2) is 12.1 Å². The fourth-order valence-corrected chi connectivity index (χ4v) is 1.61. The summed E-state index contributed by atoms with van der Waals surface area (Å²) in [5, 5.41) is 8.51. The van der Waals surface area contributed by atoms with Crippen LogP contribution >= 0.6 is 0 Å². The molecule has 0 atom stereocenters. The molecule has 2 N–H and O–H groups in total. The minimum atomic E-state index is -0.850. The maximum Gasteiger partial charge on any atom is 0.191 e. The number of nitrogens with two attached hydrogens (primary N) is 1. The molecule has 1 fully saturated rings. The van der Waals surface area contributed by atoms with E-state index in [-0.39, 0.29) is 17.7 Å². The number of benzene rings is 1. The van der Waals surface area contributed by atoms with Crippen molar-refractivity contribution in [2.75, 3.05) is 0 Å². The van der Waals surface area contributed by atoms with Gasteiger partial charge in [0.1, 0.15) is 6.10 Å². The fourth-order valence-electron chi connectivity index (χ4n) is 1.61. The second-order valence-electron chi connectivity index (χ2n) is 3.85. The van der Waals surface area contributed by atoms with Crippen LogP contribution in [0.4, 0.5) is 8.78 Å². The lowest BCUT2D eigenvalue weighted by Crippen LogP contribution is -2.43. The summed E-state index contributed by atoms with van der Waals surface area (Å²) in [5.74, 6) is -2.12. The molecular formula is C11H10F2N2O. The van der Waals surface area contributed by atoms with Crippen LogP contribution in [-0.4, -0.2) is 12.1 Å². The highest BCUT2D eigenvalue weighted by atomic mass is 19.1. The van der Waals surface area contributed by atoms with Gasteiger partial charge in [0.2, 0.25) is 0 Å². The van der Waals surface area contributed by atoms with Crippen molar-refractivity contribution < 1.29 is 13.5 Å². The Bertz CT molecular complexity index is 427. The molecule has 84 valence electrons. The van der Waals surface area contributed by atoms with Crippen LogP contribution in [0, 0.1) is 23.0 Å². The first-order chi connectivity index (χ1) is 7.60. The van der Waals surface area contributed by atoms with Crippen molar-refractivity contribution >= 4 is 0 Å². The Labute approximate surface area is 91.4 Å². The van der Waals surface area contributed by atoms with Gasteiger partial charge in [0.15, 0.2) is 17.4 Å². The normalized spacial score (nSPS) is 23.4.